The van der Waals surface area contributed by atoms with E-state index in [2.05, 4.69) is 10.3 Å². The zero-order chi connectivity index (χ0) is 18.6. The van der Waals surface area contributed by atoms with Crippen molar-refractivity contribution >= 4 is 22.5 Å². The molecule has 4 rings (SSSR count). The molecule has 1 aliphatic rings. The van der Waals surface area contributed by atoms with Crippen LogP contribution in [0.15, 0.2) is 48.5 Å². The smallest absolute Gasteiger partial charge is 0.272 e. The minimum absolute atomic E-state index is 0.123. The maximum Gasteiger partial charge on any atom is 0.272 e. The van der Waals surface area contributed by atoms with Crippen molar-refractivity contribution in [3.8, 4) is 11.5 Å². The van der Waals surface area contributed by atoms with Gasteiger partial charge in [-0.3, -0.25) is 4.79 Å². The molecule has 0 bridgehead atoms. The zero-order valence-corrected chi connectivity index (χ0v) is 15.2. The third-order valence-electron chi connectivity index (χ3n) is 4.66. The number of benzene rings is 2. The molecule has 1 fully saturated rings. The standard InChI is InChI=1S/C21H22N2O4/c1-25-15-8-9-17-14(11-15)12-19(22-17)21(24)23-18-6-2-3-7-20(18)27-13-16-5-4-10-26-16/h2-3,6-9,11-12,16,22H,4-5,10,13H2,1H3,(H,23,24). The summed E-state index contributed by atoms with van der Waals surface area (Å²) < 4.78 is 16.7. The molecule has 0 spiro atoms. The topological polar surface area (TPSA) is 72.6 Å². The van der Waals surface area contributed by atoms with Gasteiger partial charge in [-0.2, -0.15) is 0 Å². The molecule has 1 saturated heterocycles. The molecule has 140 valence electrons. The summed E-state index contributed by atoms with van der Waals surface area (Å²) in [6.45, 7) is 1.27. The summed E-state index contributed by atoms with van der Waals surface area (Å²) >= 11 is 0. The first-order valence-corrected chi connectivity index (χ1v) is 9.04. The van der Waals surface area contributed by atoms with Crippen molar-refractivity contribution in [2.24, 2.45) is 0 Å². The van der Waals surface area contributed by atoms with Crippen LogP contribution in [0.2, 0.25) is 0 Å². The number of aromatic nitrogens is 1. The van der Waals surface area contributed by atoms with Crippen molar-refractivity contribution in [1.82, 2.24) is 4.98 Å². The Morgan fingerprint density at radius 1 is 1.26 bits per heavy atom. The molecule has 2 heterocycles. The molecular formula is C21H22N2O4. The van der Waals surface area contributed by atoms with E-state index in [1.165, 1.54) is 0 Å². The fourth-order valence-electron chi connectivity index (χ4n) is 3.20. The molecule has 0 radical (unpaired) electrons. The Bertz CT molecular complexity index is 944. The van der Waals surface area contributed by atoms with Crippen molar-refractivity contribution in [2.45, 2.75) is 18.9 Å². The summed E-state index contributed by atoms with van der Waals surface area (Å²) in [7, 11) is 1.62. The predicted molar refractivity (Wildman–Crippen MR) is 104 cm³/mol. The maximum absolute atomic E-state index is 12.7. The number of hydrogen-bond acceptors (Lipinski definition) is 4. The van der Waals surface area contributed by atoms with Crippen LogP contribution in [0.5, 0.6) is 11.5 Å². The van der Waals surface area contributed by atoms with Gasteiger partial charge in [0.15, 0.2) is 0 Å². The molecule has 1 amide bonds. The number of hydrogen-bond donors (Lipinski definition) is 2. The van der Waals surface area contributed by atoms with E-state index in [1.54, 1.807) is 7.11 Å². The van der Waals surface area contributed by atoms with Crippen LogP contribution in [-0.4, -0.2) is 37.3 Å². The van der Waals surface area contributed by atoms with Crippen LogP contribution in [0.25, 0.3) is 10.9 Å². The van der Waals surface area contributed by atoms with Gasteiger partial charge in [-0.15, -0.1) is 0 Å². The van der Waals surface area contributed by atoms with Gasteiger partial charge < -0.3 is 24.5 Å². The van der Waals surface area contributed by atoms with Crippen LogP contribution < -0.4 is 14.8 Å². The molecule has 2 aromatic carbocycles. The summed E-state index contributed by atoms with van der Waals surface area (Å²) in [5.74, 6) is 1.17. The van der Waals surface area contributed by atoms with Crippen LogP contribution in [0, 0.1) is 0 Å². The quantitative estimate of drug-likeness (QED) is 0.692. The van der Waals surface area contributed by atoms with Gasteiger partial charge >= 0.3 is 0 Å². The van der Waals surface area contributed by atoms with Crippen molar-refractivity contribution < 1.29 is 19.0 Å². The Labute approximate surface area is 157 Å². The molecule has 27 heavy (non-hydrogen) atoms. The number of carbonyl (C=O) groups excluding carboxylic acids is 1. The summed E-state index contributed by atoms with van der Waals surface area (Å²) in [5, 5.41) is 3.84. The number of nitrogens with one attached hydrogen (secondary N) is 2. The molecule has 0 saturated carbocycles. The maximum atomic E-state index is 12.7. The van der Waals surface area contributed by atoms with Gasteiger partial charge in [0, 0.05) is 17.5 Å². The van der Waals surface area contributed by atoms with E-state index in [1.807, 2.05) is 48.5 Å². The Morgan fingerprint density at radius 2 is 2.15 bits per heavy atom. The van der Waals surface area contributed by atoms with E-state index in [9.17, 15) is 4.79 Å². The molecule has 1 aliphatic heterocycles. The number of anilines is 1. The van der Waals surface area contributed by atoms with Gasteiger partial charge in [0.05, 0.1) is 18.9 Å². The average molecular weight is 366 g/mol. The normalized spacial score (nSPS) is 16.4. The van der Waals surface area contributed by atoms with Crippen molar-refractivity contribution in [3.05, 3.63) is 54.2 Å². The van der Waals surface area contributed by atoms with Crippen molar-refractivity contribution in [1.29, 1.82) is 0 Å². The first kappa shape index (κ1) is 17.4. The lowest BCUT2D eigenvalue weighted by Gasteiger charge is -2.15. The third-order valence-corrected chi connectivity index (χ3v) is 4.66. The number of rotatable bonds is 6. The van der Waals surface area contributed by atoms with Gasteiger partial charge in [-0.05, 0) is 49.2 Å². The number of ether oxygens (including phenoxy) is 3. The fraction of sp³-hybridized carbons (Fsp3) is 0.286. The van der Waals surface area contributed by atoms with Crippen molar-refractivity contribution in [3.63, 3.8) is 0 Å². The predicted octanol–water partition coefficient (Wildman–Crippen LogP) is 3.99. The molecule has 6 heteroatoms. The van der Waals surface area contributed by atoms with E-state index >= 15 is 0 Å². The van der Waals surface area contributed by atoms with E-state index < -0.39 is 0 Å². The van der Waals surface area contributed by atoms with Gasteiger partial charge in [-0.1, -0.05) is 12.1 Å². The highest BCUT2D eigenvalue weighted by atomic mass is 16.5. The fourth-order valence-corrected chi connectivity index (χ4v) is 3.20. The lowest BCUT2D eigenvalue weighted by molar-refractivity contribution is 0.0682. The third kappa shape index (κ3) is 3.90. The van der Waals surface area contributed by atoms with E-state index in [4.69, 9.17) is 14.2 Å². The van der Waals surface area contributed by atoms with E-state index in [0.717, 1.165) is 36.1 Å². The largest absolute Gasteiger partial charge is 0.497 e. The minimum Gasteiger partial charge on any atom is -0.497 e. The number of H-pyrrole nitrogens is 1. The Hall–Kier alpha value is -2.99. The van der Waals surface area contributed by atoms with Gasteiger partial charge in [-0.25, -0.2) is 0 Å². The Kier molecular flexibility index (Phi) is 4.98. The number of carbonyl (C=O) groups is 1. The molecule has 1 atom stereocenters. The SMILES string of the molecule is COc1ccc2[nH]c(C(=O)Nc3ccccc3OCC3CCCO3)cc2c1. The molecule has 6 nitrogen and oxygen atoms in total. The first-order valence-electron chi connectivity index (χ1n) is 9.04. The van der Waals surface area contributed by atoms with Crippen LogP contribution >= 0.6 is 0 Å². The Balaban J connectivity index is 1.49. The number of para-hydroxylation sites is 2. The van der Waals surface area contributed by atoms with E-state index in [0.29, 0.717) is 23.7 Å². The molecular weight excluding hydrogens is 344 g/mol. The number of amides is 1. The van der Waals surface area contributed by atoms with Gasteiger partial charge in [0.1, 0.15) is 23.8 Å². The molecule has 1 unspecified atom stereocenters. The summed E-state index contributed by atoms with van der Waals surface area (Å²) in [6.07, 6.45) is 2.20. The first-order chi connectivity index (χ1) is 13.2. The highest BCUT2D eigenvalue weighted by Gasteiger charge is 2.18. The van der Waals surface area contributed by atoms with Crippen LogP contribution in [0.1, 0.15) is 23.3 Å². The second kappa shape index (κ2) is 7.72. The lowest BCUT2D eigenvalue weighted by atomic mass is 10.2. The second-order valence-electron chi connectivity index (χ2n) is 6.53. The second-order valence-corrected chi connectivity index (χ2v) is 6.53. The van der Waals surface area contributed by atoms with Crippen molar-refractivity contribution in [2.75, 3.05) is 25.6 Å². The summed E-state index contributed by atoms with van der Waals surface area (Å²) in [5.41, 5.74) is 1.99. The number of methoxy groups -OCH3 is 1. The summed E-state index contributed by atoms with van der Waals surface area (Å²) in [4.78, 5) is 15.8. The van der Waals surface area contributed by atoms with Crippen LogP contribution in [0.4, 0.5) is 5.69 Å². The highest BCUT2D eigenvalue weighted by molar-refractivity contribution is 6.06. The number of aromatic amines is 1. The number of fused-ring (bicyclic) bond motifs is 1. The van der Waals surface area contributed by atoms with Crippen LogP contribution in [0.3, 0.4) is 0 Å². The zero-order valence-electron chi connectivity index (χ0n) is 15.2. The molecule has 0 aliphatic carbocycles. The molecule has 1 aromatic heterocycles. The summed E-state index contributed by atoms with van der Waals surface area (Å²) in [6, 6.07) is 14.9. The highest BCUT2D eigenvalue weighted by Crippen LogP contribution is 2.27. The van der Waals surface area contributed by atoms with Crippen LogP contribution in [-0.2, 0) is 4.74 Å². The minimum atomic E-state index is -0.224. The van der Waals surface area contributed by atoms with Gasteiger partial charge in [0.2, 0.25) is 0 Å². The van der Waals surface area contributed by atoms with E-state index in [-0.39, 0.29) is 12.0 Å². The monoisotopic (exact) mass is 366 g/mol. The lowest BCUT2D eigenvalue weighted by Crippen LogP contribution is -2.18. The average Bonchev–Trinajstić information content (AvgIpc) is 3.36. The molecule has 2 N–H and O–H groups in total. The Morgan fingerprint density at radius 3 is 2.96 bits per heavy atom. The molecule has 3 aromatic rings. The van der Waals surface area contributed by atoms with Gasteiger partial charge in [0.25, 0.3) is 5.91 Å².